The molecule has 0 bridgehead atoms. The number of hydrogen-bond donors (Lipinski definition) is 1. The Morgan fingerprint density at radius 3 is 1.53 bits per heavy atom. The molecule has 0 aliphatic heterocycles. The third kappa shape index (κ3) is 9.08. The summed E-state index contributed by atoms with van der Waals surface area (Å²) in [6.45, 7) is 16.0. The molecule has 0 saturated carbocycles. The van der Waals surface area contributed by atoms with Gasteiger partial charge in [0.1, 0.15) is 0 Å². The Bertz CT molecular complexity index is 839. The van der Waals surface area contributed by atoms with Gasteiger partial charge in [0.15, 0.2) is 5.78 Å². The average Bonchev–Trinajstić information content (AvgIpc) is 2.69. The molecule has 2 aromatic rings. The Kier molecular flexibility index (Phi) is 13.6. The summed E-state index contributed by atoms with van der Waals surface area (Å²) in [4.78, 5) is 25.6. The predicted octanol–water partition coefficient (Wildman–Crippen LogP) is 5.30. The monoisotopic (exact) mass is 409 g/mol. The van der Waals surface area contributed by atoms with E-state index in [1.807, 2.05) is 71.0 Å². The molecule has 0 heterocycles. The Hall–Kier alpha value is -2.88. The highest BCUT2D eigenvalue weighted by Crippen LogP contribution is 2.15. The van der Waals surface area contributed by atoms with Gasteiger partial charge in [-0.2, -0.15) is 4.79 Å². The summed E-state index contributed by atoms with van der Waals surface area (Å²) in [7, 11) is 0. The van der Waals surface area contributed by atoms with E-state index in [2.05, 4.69) is 24.0 Å². The minimum Gasteiger partial charge on any atom is -0.361 e. The Morgan fingerprint density at radius 1 is 0.833 bits per heavy atom. The maximum atomic E-state index is 11.5. The van der Waals surface area contributed by atoms with Gasteiger partial charge < -0.3 is 10.8 Å². The van der Waals surface area contributed by atoms with Gasteiger partial charge in [0.05, 0.1) is 0 Å². The molecule has 0 amide bonds. The number of carbonyl (C=O) groups excluding carboxylic acids is 2. The largest absolute Gasteiger partial charge is 0.361 e. The molecule has 0 aromatic heterocycles. The maximum Gasteiger partial charge on any atom is 0.328 e. The zero-order valence-electron chi connectivity index (χ0n) is 19.4. The number of benzene rings is 2. The van der Waals surface area contributed by atoms with Gasteiger partial charge in [0.25, 0.3) is 5.78 Å². The number of nitrogens with zero attached hydrogens (tertiary/aromatic N) is 2. The SMILES string of the molecule is CCC(=O)c1c(C)cccc1C.CCNCC.Cc1cccc(C)c1C(=O)C=[N+]=[N-]. The van der Waals surface area contributed by atoms with Crippen LogP contribution in [-0.4, -0.2) is 35.7 Å². The number of hydrogen-bond acceptors (Lipinski definition) is 3. The fourth-order valence-electron chi connectivity index (χ4n) is 3.00. The van der Waals surface area contributed by atoms with Crippen LogP contribution in [0.25, 0.3) is 5.53 Å². The normalized spacial score (nSPS) is 9.30. The van der Waals surface area contributed by atoms with E-state index in [-0.39, 0.29) is 11.6 Å². The molecule has 5 heteroatoms. The number of nitrogens with one attached hydrogen (secondary N) is 1. The molecule has 5 nitrogen and oxygen atoms in total. The summed E-state index contributed by atoms with van der Waals surface area (Å²) in [5.41, 5.74) is 13.7. The molecule has 2 rings (SSSR count). The van der Waals surface area contributed by atoms with E-state index in [0.29, 0.717) is 12.0 Å². The molecule has 0 aliphatic carbocycles. The lowest BCUT2D eigenvalue weighted by molar-refractivity contribution is 0.00233. The molecule has 0 atom stereocenters. The van der Waals surface area contributed by atoms with Crippen LogP contribution in [0.5, 0.6) is 0 Å². The van der Waals surface area contributed by atoms with Crippen molar-refractivity contribution in [3.05, 3.63) is 75.3 Å². The lowest BCUT2D eigenvalue weighted by Crippen LogP contribution is -2.09. The number of Topliss-reactive ketones (excluding diaryl/α,β-unsaturated/α-hetero) is 2. The fourth-order valence-corrected chi connectivity index (χ4v) is 3.00. The summed E-state index contributed by atoms with van der Waals surface area (Å²) < 4.78 is 0. The molecule has 0 saturated heterocycles. The summed E-state index contributed by atoms with van der Waals surface area (Å²) in [5, 5.41) is 3.11. The highest BCUT2D eigenvalue weighted by molar-refractivity contribution is 6.34. The highest BCUT2D eigenvalue weighted by atomic mass is 16.1. The standard InChI is InChI=1S/C11H14O.C10H10N2O.C4H11N/c1-4-10(12)11-8(2)6-5-7-9(11)3;1-7-4-3-5-8(2)10(7)9(13)6-12-11;1-3-5-4-2/h5-7H,4H2,1-3H3;3-6H,1-2H3;5H,3-4H2,1-2H3. The maximum absolute atomic E-state index is 11.5. The van der Waals surface area contributed by atoms with Gasteiger partial charge in [-0.15, -0.1) is 0 Å². The third-order valence-electron chi connectivity index (χ3n) is 4.48. The zero-order valence-corrected chi connectivity index (χ0v) is 19.4. The molecule has 1 N–H and O–H groups in total. The predicted molar refractivity (Wildman–Crippen MR) is 125 cm³/mol. The van der Waals surface area contributed by atoms with Crippen molar-refractivity contribution in [2.24, 2.45) is 0 Å². The van der Waals surface area contributed by atoms with Crippen molar-refractivity contribution in [2.45, 2.75) is 54.9 Å². The van der Waals surface area contributed by atoms with E-state index >= 15 is 0 Å². The van der Waals surface area contributed by atoms with Crippen LogP contribution in [0.2, 0.25) is 0 Å². The van der Waals surface area contributed by atoms with E-state index in [1.54, 1.807) is 0 Å². The van der Waals surface area contributed by atoms with Crippen LogP contribution < -0.4 is 5.32 Å². The zero-order chi connectivity index (χ0) is 23.1. The fraction of sp³-hybridized carbons (Fsp3) is 0.400. The van der Waals surface area contributed by atoms with E-state index < -0.39 is 0 Å². The molecule has 0 aliphatic rings. The van der Waals surface area contributed by atoms with Crippen LogP contribution in [0.1, 0.15) is 70.2 Å². The minimum absolute atomic E-state index is 0.241. The molecular formula is C25H35N3O2. The van der Waals surface area contributed by atoms with Gasteiger partial charge in [-0.3, -0.25) is 9.59 Å². The molecule has 2 aromatic carbocycles. The first-order valence-electron chi connectivity index (χ1n) is 10.3. The van der Waals surface area contributed by atoms with Gasteiger partial charge in [-0.25, -0.2) is 0 Å². The smallest absolute Gasteiger partial charge is 0.328 e. The van der Waals surface area contributed by atoms with Crippen molar-refractivity contribution in [1.29, 1.82) is 0 Å². The molecule has 0 unspecified atom stereocenters. The molecular weight excluding hydrogens is 374 g/mol. The lowest BCUT2D eigenvalue weighted by atomic mass is 9.98. The summed E-state index contributed by atoms with van der Waals surface area (Å²) in [5.74, 6) is -0.0244. The molecule has 0 radical (unpaired) electrons. The van der Waals surface area contributed by atoms with Crippen LogP contribution in [0, 0.1) is 27.7 Å². The quantitative estimate of drug-likeness (QED) is 0.304. The van der Waals surface area contributed by atoms with E-state index in [1.165, 1.54) is 0 Å². The Balaban J connectivity index is 0.000000461. The van der Waals surface area contributed by atoms with Gasteiger partial charge in [0.2, 0.25) is 0 Å². The van der Waals surface area contributed by atoms with Crippen LogP contribution >= 0.6 is 0 Å². The summed E-state index contributed by atoms with van der Waals surface area (Å²) in [6, 6.07) is 11.5. The number of carbonyl (C=O) groups is 2. The van der Waals surface area contributed by atoms with Gasteiger partial charge >= 0.3 is 6.21 Å². The van der Waals surface area contributed by atoms with E-state index in [4.69, 9.17) is 5.53 Å². The first kappa shape index (κ1) is 27.1. The molecule has 162 valence electrons. The van der Waals surface area contributed by atoms with E-state index in [0.717, 1.165) is 47.1 Å². The second kappa shape index (κ2) is 15.0. The van der Waals surface area contributed by atoms with Crippen molar-refractivity contribution in [3.63, 3.8) is 0 Å². The summed E-state index contributed by atoms with van der Waals surface area (Å²) in [6.07, 6.45) is 1.50. The molecule has 0 fully saturated rings. The highest BCUT2D eigenvalue weighted by Gasteiger charge is 2.12. The Labute approximate surface area is 181 Å². The van der Waals surface area contributed by atoms with E-state index in [9.17, 15) is 9.59 Å². The minimum atomic E-state index is -0.266. The van der Waals surface area contributed by atoms with Gasteiger partial charge in [-0.1, -0.05) is 57.2 Å². The first-order chi connectivity index (χ1) is 14.2. The van der Waals surface area contributed by atoms with Crippen molar-refractivity contribution in [3.8, 4) is 0 Å². The topological polar surface area (TPSA) is 82.6 Å². The first-order valence-corrected chi connectivity index (χ1v) is 10.3. The van der Waals surface area contributed by atoms with Crippen LogP contribution in [-0.2, 0) is 0 Å². The Morgan fingerprint density at radius 2 is 1.23 bits per heavy atom. The number of rotatable bonds is 6. The van der Waals surface area contributed by atoms with Gasteiger partial charge in [-0.05, 0) is 63.0 Å². The second-order valence-electron chi connectivity index (χ2n) is 6.88. The molecule has 30 heavy (non-hydrogen) atoms. The van der Waals surface area contributed by atoms with Crippen LogP contribution in [0.15, 0.2) is 36.4 Å². The average molecular weight is 410 g/mol. The van der Waals surface area contributed by atoms with Crippen molar-refractivity contribution in [1.82, 2.24) is 5.32 Å². The van der Waals surface area contributed by atoms with Gasteiger partial charge in [0, 0.05) is 17.5 Å². The lowest BCUT2D eigenvalue weighted by Gasteiger charge is -2.06. The second-order valence-corrected chi connectivity index (χ2v) is 6.88. The third-order valence-corrected chi connectivity index (χ3v) is 4.48. The summed E-state index contributed by atoms with van der Waals surface area (Å²) >= 11 is 0. The number of aryl methyl sites for hydroxylation is 4. The van der Waals surface area contributed by atoms with Crippen molar-refractivity contribution < 1.29 is 14.4 Å². The van der Waals surface area contributed by atoms with Crippen LogP contribution in [0.3, 0.4) is 0 Å². The molecule has 0 spiro atoms. The number of ketones is 2. The van der Waals surface area contributed by atoms with Crippen molar-refractivity contribution in [2.75, 3.05) is 13.1 Å². The van der Waals surface area contributed by atoms with Crippen LogP contribution in [0.4, 0.5) is 0 Å². The van der Waals surface area contributed by atoms with Crippen molar-refractivity contribution >= 4 is 17.8 Å².